The van der Waals surface area contributed by atoms with E-state index in [1.807, 2.05) is 13.8 Å². The first-order valence-corrected chi connectivity index (χ1v) is 5.34. The summed E-state index contributed by atoms with van der Waals surface area (Å²) in [5.74, 6) is 1.56. The second-order valence-electron chi connectivity index (χ2n) is 3.65. The van der Waals surface area contributed by atoms with Crippen LogP contribution in [0.1, 0.15) is 44.0 Å². The number of rotatable bonds is 4. The minimum Gasteiger partial charge on any atom is -0.381 e. The van der Waals surface area contributed by atoms with Gasteiger partial charge in [0.2, 0.25) is 5.89 Å². The topological polar surface area (TPSA) is 57.4 Å². The molecule has 5 heteroatoms. The SMILES string of the molecule is CCOC(C)c1noc(C2CCOC2)n1. The molecule has 0 saturated carbocycles. The molecule has 5 nitrogen and oxygen atoms in total. The molecule has 1 aliphatic heterocycles. The first-order valence-electron chi connectivity index (χ1n) is 5.34. The molecule has 0 radical (unpaired) electrons. The van der Waals surface area contributed by atoms with Crippen LogP contribution in [-0.4, -0.2) is 30.0 Å². The van der Waals surface area contributed by atoms with Gasteiger partial charge in [-0.05, 0) is 20.3 Å². The van der Waals surface area contributed by atoms with Gasteiger partial charge in [-0.25, -0.2) is 0 Å². The summed E-state index contributed by atoms with van der Waals surface area (Å²) in [6.07, 6.45) is 0.861. The number of ether oxygens (including phenoxy) is 2. The van der Waals surface area contributed by atoms with Gasteiger partial charge in [-0.3, -0.25) is 0 Å². The van der Waals surface area contributed by atoms with Crippen LogP contribution in [0.4, 0.5) is 0 Å². The molecule has 2 heterocycles. The van der Waals surface area contributed by atoms with Crippen molar-refractivity contribution in [2.75, 3.05) is 19.8 Å². The Morgan fingerprint density at radius 3 is 3.13 bits per heavy atom. The molecule has 0 aliphatic carbocycles. The fourth-order valence-corrected chi connectivity index (χ4v) is 1.63. The lowest BCUT2D eigenvalue weighted by molar-refractivity contribution is 0.0683. The van der Waals surface area contributed by atoms with Gasteiger partial charge >= 0.3 is 0 Å². The molecule has 2 unspecified atom stereocenters. The van der Waals surface area contributed by atoms with Crippen LogP contribution >= 0.6 is 0 Å². The van der Waals surface area contributed by atoms with E-state index in [1.54, 1.807) is 0 Å². The fourth-order valence-electron chi connectivity index (χ4n) is 1.63. The maximum Gasteiger partial charge on any atom is 0.232 e. The Morgan fingerprint density at radius 1 is 1.60 bits per heavy atom. The molecule has 1 aromatic rings. The highest BCUT2D eigenvalue weighted by atomic mass is 16.5. The van der Waals surface area contributed by atoms with Crippen LogP contribution in [0.2, 0.25) is 0 Å². The van der Waals surface area contributed by atoms with Crippen molar-refractivity contribution < 1.29 is 14.0 Å². The molecule has 0 bridgehead atoms. The average molecular weight is 212 g/mol. The summed E-state index contributed by atoms with van der Waals surface area (Å²) in [5.41, 5.74) is 0. The summed E-state index contributed by atoms with van der Waals surface area (Å²) in [7, 11) is 0. The van der Waals surface area contributed by atoms with Crippen LogP contribution in [0, 0.1) is 0 Å². The highest BCUT2D eigenvalue weighted by Crippen LogP contribution is 2.24. The molecular weight excluding hydrogens is 196 g/mol. The maximum atomic E-state index is 5.39. The van der Waals surface area contributed by atoms with Gasteiger partial charge in [-0.1, -0.05) is 5.16 Å². The van der Waals surface area contributed by atoms with E-state index in [-0.39, 0.29) is 12.0 Å². The zero-order valence-corrected chi connectivity index (χ0v) is 9.10. The molecule has 2 atom stereocenters. The first kappa shape index (κ1) is 10.6. The predicted octanol–water partition coefficient (Wildman–Crippen LogP) is 1.67. The molecule has 1 fully saturated rings. The molecule has 1 aliphatic rings. The largest absolute Gasteiger partial charge is 0.381 e. The van der Waals surface area contributed by atoms with Crippen molar-refractivity contribution in [3.05, 3.63) is 11.7 Å². The Labute approximate surface area is 88.8 Å². The van der Waals surface area contributed by atoms with Crippen LogP contribution < -0.4 is 0 Å². The molecular formula is C10H16N2O3. The molecule has 2 rings (SSSR count). The van der Waals surface area contributed by atoms with Crippen molar-refractivity contribution in [1.29, 1.82) is 0 Å². The van der Waals surface area contributed by atoms with Gasteiger partial charge in [0.1, 0.15) is 6.10 Å². The normalized spacial score (nSPS) is 23.2. The van der Waals surface area contributed by atoms with E-state index in [9.17, 15) is 0 Å². The van der Waals surface area contributed by atoms with Crippen molar-refractivity contribution in [1.82, 2.24) is 10.1 Å². The van der Waals surface area contributed by atoms with E-state index >= 15 is 0 Å². The Bertz CT molecular complexity index is 307. The third kappa shape index (κ3) is 2.35. The summed E-state index contributed by atoms with van der Waals surface area (Å²) >= 11 is 0. The monoisotopic (exact) mass is 212 g/mol. The van der Waals surface area contributed by atoms with Gasteiger partial charge in [0.25, 0.3) is 0 Å². The minimum atomic E-state index is -0.102. The summed E-state index contributed by atoms with van der Waals surface area (Å²) < 4.78 is 15.9. The van der Waals surface area contributed by atoms with E-state index in [0.29, 0.717) is 24.9 Å². The van der Waals surface area contributed by atoms with Crippen LogP contribution in [0.15, 0.2) is 4.52 Å². The number of nitrogens with zero attached hydrogens (tertiary/aromatic N) is 2. The molecule has 0 aromatic carbocycles. The average Bonchev–Trinajstić information content (AvgIpc) is 2.89. The summed E-state index contributed by atoms with van der Waals surface area (Å²) in [4.78, 5) is 4.33. The molecule has 1 aromatic heterocycles. The third-order valence-corrected chi connectivity index (χ3v) is 2.52. The Kier molecular flexibility index (Phi) is 3.33. The maximum absolute atomic E-state index is 5.39. The molecule has 0 amide bonds. The number of aromatic nitrogens is 2. The number of hydrogen-bond acceptors (Lipinski definition) is 5. The zero-order valence-electron chi connectivity index (χ0n) is 9.10. The van der Waals surface area contributed by atoms with Gasteiger partial charge in [0.15, 0.2) is 5.82 Å². The second-order valence-corrected chi connectivity index (χ2v) is 3.65. The lowest BCUT2D eigenvalue weighted by Gasteiger charge is -2.05. The molecule has 0 spiro atoms. The molecule has 84 valence electrons. The second kappa shape index (κ2) is 4.72. The smallest absolute Gasteiger partial charge is 0.232 e. The Hall–Kier alpha value is -0.940. The van der Waals surface area contributed by atoms with Crippen molar-refractivity contribution in [3.8, 4) is 0 Å². The molecule has 15 heavy (non-hydrogen) atoms. The molecule has 1 saturated heterocycles. The van der Waals surface area contributed by atoms with E-state index < -0.39 is 0 Å². The van der Waals surface area contributed by atoms with Gasteiger partial charge in [-0.2, -0.15) is 4.98 Å². The third-order valence-electron chi connectivity index (χ3n) is 2.52. The first-order chi connectivity index (χ1) is 7.31. The van der Waals surface area contributed by atoms with Gasteiger partial charge < -0.3 is 14.0 Å². The van der Waals surface area contributed by atoms with E-state index in [1.165, 1.54) is 0 Å². The van der Waals surface area contributed by atoms with Crippen LogP contribution in [0.3, 0.4) is 0 Å². The van der Waals surface area contributed by atoms with Gasteiger partial charge in [-0.15, -0.1) is 0 Å². The lowest BCUT2D eigenvalue weighted by atomic mass is 10.1. The Morgan fingerprint density at radius 2 is 2.47 bits per heavy atom. The standard InChI is InChI=1S/C10H16N2O3/c1-3-14-7(2)9-11-10(15-12-9)8-4-5-13-6-8/h7-8H,3-6H2,1-2H3. The Balaban J connectivity index is 2.02. The van der Waals surface area contributed by atoms with Crippen LogP contribution in [0.25, 0.3) is 0 Å². The quantitative estimate of drug-likeness (QED) is 0.759. The zero-order chi connectivity index (χ0) is 10.7. The highest BCUT2D eigenvalue weighted by molar-refractivity contribution is 4.97. The van der Waals surface area contributed by atoms with E-state index in [2.05, 4.69) is 10.1 Å². The summed E-state index contributed by atoms with van der Waals surface area (Å²) in [5, 5.41) is 3.91. The van der Waals surface area contributed by atoms with Crippen LogP contribution in [-0.2, 0) is 9.47 Å². The van der Waals surface area contributed by atoms with Crippen LogP contribution in [0.5, 0.6) is 0 Å². The van der Waals surface area contributed by atoms with E-state index in [4.69, 9.17) is 14.0 Å². The van der Waals surface area contributed by atoms with Crippen molar-refractivity contribution >= 4 is 0 Å². The van der Waals surface area contributed by atoms with Crippen molar-refractivity contribution in [3.63, 3.8) is 0 Å². The van der Waals surface area contributed by atoms with Gasteiger partial charge in [0.05, 0.1) is 12.5 Å². The van der Waals surface area contributed by atoms with Crippen molar-refractivity contribution in [2.24, 2.45) is 0 Å². The van der Waals surface area contributed by atoms with E-state index in [0.717, 1.165) is 13.0 Å². The minimum absolute atomic E-state index is 0.102. The van der Waals surface area contributed by atoms with Crippen molar-refractivity contribution in [2.45, 2.75) is 32.3 Å². The van der Waals surface area contributed by atoms with Gasteiger partial charge in [0, 0.05) is 13.2 Å². The number of hydrogen-bond donors (Lipinski definition) is 0. The molecule has 0 N–H and O–H groups in total. The fraction of sp³-hybridized carbons (Fsp3) is 0.800. The summed E-state index contributed by atoms with van der Waals surface area (Å²) in [6.45, 7) is 5.98. The predicted molar refractivity (Wildman–Crippen MR) is 52.5 cm³/mol. The summed E-state index contributed by atoms with van der Waals surface area (Å²) in [6, 6.07) is 0. The highest BCUT2D eigenvalue weighted by Gasteiger charge is 2.24. The lowest BCUT2D eigenvalue weighted by Crippen LogP contribution is -2.03.